The van der Waals surface area contributed by atoms with E-state index in [0.717, 1.165) is 37.3 Å². The number of halogens is 2. The normalized spacial score (nSPS) is 12.6. The summed E-state index contributed by atoms with van der Waals surface area (Å²) in [5, 5.41) is 4.67. The van der Waals surface area contributed by atoms with Gasteiger partial charge in [-0.15, -0.1) is 0 Å². The van der Waals surface area contributed by atoms with Crippen LogP contribution >= 0.6 is 23.2 Å². The average molecular weight is 327 g/mol. The number of pyridine rings is 1. The van der Waals surface area contributed by atoms with Crippen molar-refractivity contribution in [2.24, 2.45) is 7.05 Å². The van der Waals surface area contributed by atoms with Gasteiger partial charge in [0.25, 0.3) is 0 Å². The van der Waals surface area contributed by atoms with E-state index in [2.05, 4.69) is 22.2 Å². The second kappa shape index (κ2) is 7.78. The summed E-state index contributed by atoms with van der Waals surface area (Å²) in [5.41, 5.74) is 0.851. The molecule has 21 heavy (non-hydrogen) atoms. The van der Waals surface area contributed by atoms with Gasteiger partial charge in [0.2, 0.25) is 0 Å². The van der Waals surface area contributed by atoms with Crippen molar-refractivity contribution in [2.45, 2.75) is 32.2 Å². The van der Waals surface area contributed by atoms with Crippen LogP contribution in [0.25, 0.3) is 0 Å². The van der Waals surface area contributed by atoms with Crippen molar-refractivity contribution in [3.8, 4) is 0 Å². The van der Waals surface area contributed by atoms with Crippen molar-refractivity contribution >= 4 is 23.2 Å². The molecule has 0 aliphatic heterocycles. The minimum Gasteiger partial charge on any atom is -0.338 e. The molecule has 0 spiro atoms. The molecule has 0 saturated heterocycles. The zero-order valence-electron chi connectivity index (χ0n) is 12.3. The predicted octanol–water partition coefficient (Wildman–Crippen LogP) is 3.80. The van der Waals surface area contributed by atoms with Crippen LogP contribution in [-0.2, 0) is 13.5 Å². The Kier molecular flexibility index (Phi) is 6.03. The van der Waals surface area contributed by atoms with Gasteiger partial charge in [-0.3, -0.25) is 4.98 Å². The molecular formula is C15H20Cl2N4. The lowest BCUT2D eigenvalue weighted by molar-refractivity contribution is 0.481. The molecule has 2 heterocycles. The third-order valence-electron chi connectivity index (χ3n) is 3.38. The molecule has 114 valence electrons. The van der Waals surface area contributed by atoms with E-state index in [-0.39, 0.29) is 6.04 Å². The predicted molar refractivity (Wildman–Crippen MR) is 86.8 cm³/mol. The fourth-order valence-corrected chi connectivity index (χ4v) is 2.76. The fraction of sp³-hybridized carbons (Fsp3) is 0.467. The largest absolute Gasteiger partial charge is 0.338 e. The monoisotopic (exact) mass is 326 g/mol. The highest BCUT2D eigenvalue weighted by Gasteiger charge is 2.17. The summed E-state index contributed by atoms with van der Waals surface area (Å²) in [7, 11) is 2.00. The number of rotatable bonds is 7. The first-order valence-electron chi connectivity index (χ1n) is 7.12. The van der Waals surface area contributed by atoms with Crippen molar-refractivity contribution in [3.05, 3.63) is 46.2 Å². The third kappa shape index (κ3) is 4.43. The molecule has 2 rings (SSSR count). The van der Waals surface area contributed by atoms with Gasteiger partial charge in [0.15, 0.2) is 0 Å². The molecule has 0 aliphatic carbocycles. The van der Waals surface area contributed by atoms with E-state index in [1.165, 1.54) is 0 Å². The van der Waals surface area contributed by atoms with Gasteiger partial charge >= 0.3 is 0 Å². The topological polar surface area (TPSA) is 42.7 Å². The quantitative estimate of drug-likeness (QED) is 0.841. The summed E-state index contributed by atoms with van der Waals surface area (Å²) < 4.78 is 2.04. The summed E-state index contributed by atoms with van der Waals surface area (Å²) in [6.45, 7) is 3.06. The van der Waals surface area contributed by atoms with Crippen molar-refractivity contribution in [1.82, 2.24) is 19.9 Å². The van der Waals surface area contributed by atoms with Crippen molar-refractivity contribution in [2.75, 3.05) is 6.54 Å². The summed E-state index contributed by atoms with van der Waals surface area (Å²) in [6, 6.07) is 1.85. The maximum absolute atomic E-state index is 6.29. The first-order chi connectivity index (χ1) is 10.1. The lowest BCUT2D eigenvalue weighted by Gasteiger charge is -2.19. The van der Waals surface area contributed by atoms with E-state index in [1.54, 1.807) is 12.3 Å². The molecule has 0 saturated carbocycles. The lowest BCUT2D eigenvalue weighted by atomic mass is 10.1. The van der Waals surface area contributed by atoms with Gasteiger partial charge < -0.3 is 9.88 Å². The second-order valence-corrected chi connectivity index (χ2v) is 5.86. The Bertz CT molecular complexity index is 583. The smallest absolute Gasteiger partial charge is 0.108 e. The first kappa shape index (κ1) is 16.3. The van der Waals surface area contributed by atoms with E-state index in [4.69, 9.17) is 23.2 Å². The Hall–Kier alpha value is -1.10. The molecule has 0 fully saturated rings. The Morgan fingerprint density at radius 2 is 2.14 bits per heavy atom. The van der Waals surface area contributed by atoms with Crippen LogP contribution in [0.5, 0.6) is 0 Å². The van der Waals surface area contributed by atoms with Crippen LogP contribution in [-0.4, -0.2) is 21.1 Å². The summed E-state index contributed by atoms with van der Waals surface area (Å²) in [6.07, 6.45) is 8.23. The molecule has 2 aromatic rings. The van der Waals surface area contributed by atoms with Crippen LogP contribution in [0.3, 0.4) is 0 Å². The summed E-state index contributed by atoms with van der Waals surface area (Å²) in [4.78, 5) is 8.76. The Morgan fingerprint density at radius 3 is 2.76 bits per heavy atom. The van der Waals surface area contributed by atoms with Crippen LogP contribution < -0.4 is 5.32 Å². The van der Waals surface area contributed by atoms with E-state index in [0.29, 0.717) is 10.0 Å². The number of hydrogen-bond acceptors (Lipinski definition) is 3. The molecule has 1 atom stereocenters. The highest BCUT2D eigenvalue weighted by Crippen LogP contribution is 2.26. The molecule has 0 radical (unpaired) electrons. The van der Waals surface area contributed by atoms with Gasteiger partial charge in [-0.2, -0.15) is 0 Å². The molecule has 0 aliphatic rings. The molecule has 1 unspecified atom stereocenters. The highest BCUT2D eigenvalue weighted by atomic mass is 35.5. The third-order valence-corrected chi connectivity index (χ3v) is 3.89. The van der Waals surface area contributed by atoms with E-state index in [9.17, 15) is 0 Å². The number of nitrogens with one attached hydrogen (secondary N) is 1. The van der Waals surface area contributed by atoms with E-state index < -0.39 is 0 Å². The highest BCUT2D eigenvalue weighted by molar-refractivity contribution is 6.34. The zero-order chi connectivity index (χ0) is 15.2. The molecule has 2 aromatic heterocycles. The number of nitrogens with zero attached hydrogens (tertiary/aromatic N) is 3. The minimum absolute atomic E-state index is 0.103. The van der Waals surface area contributed by atoms with Crippen LogP contribution in [0.4, 0.5) is 0 Å². The van der Waals surface area contributed by atoms with Crippen molar-refractivity contribution < 1.29 is 0 Å². The number of hydrogen-bond donors (Lipinski definition) is 1. The van der Waals surface area contributed by atoms with Gasteiger partial charge in [-0.05, 0) is 25.5 Å². The van der Waals surface area contributed by atoms with Crippen LogP contribution in [0.15, 0.2) is 24.7 Å². The van der Waals surface area contributed by atoms with Gasteiger partial charge in [-0.1, -0.05) is 30.1 Å². The van der Waals surface area contributed by atoms with Crippen LogP contribution in [0.2, 0.25) is 10.0 Å². The Labute approximate surface area is 135 Å². The average Bonchev–Trinajstić information content (AvgIpc) is 2.85. The molecule has 0 aromatic carbocycles. The van der Waals surface area contributed by atoms with Crippen molar-refractivity contribution in [1.29, 1.82) is 0 Å². The molecular weight excluding hydrogens is 307 g/mol. The molecule has 0 amide bonds. The van der Waals surface area contributed by atoms with Gasteiger partial charge in [0.1, 0.15) is 5.82 Å². The summed E-state index contributed by atoms with van der Waals surface area (Å²) >= 11 is 12.2. The van der Waals surface area contributed by atoms with Crippen LogP contribution in [0, 0.1) is 0 Å². The lowest BCUT2D eigenvalue weighted by Crippen LogP contribution is -2.24. The number of aryl methyl sites for hydroxylation is 2. The SMILES string of the molecule is CCCNC(CCc1nccn1C)c1ncc(Cl)cc1Cl. The molecule has 1 N–H and O–H groups in total. The van der Waals surface area contributed by atoms with Crippen LogP contribution in [0.1, 0.15) is 37.3 Å². The zero-order valence-corrected chi connectivity index (χ0v) is 13.8. The minimum atomic E-state index is 0.103. The molecule has 0 bridgehead atoms. The molecule has 4 nitrogen and oxygen atoms in total. The molecule has 6 heteroatoms. The Balaban J connectivity index is 2.12. The first-order valence-corrected chi connectivity index (χ1v) is 7.88. The van der Waals surface area contributed by atoms with E-state index in [1.807, 2.05) is 24.0 Å². The maximum atomic E-state index is 6.29. The van der Waals surface area contributed by atoms with E-state index >= 15 is 0 Å². The number of aromatic nitrogens is 3. The second-order valence-electron chi connectivity index (χ2n) is 5.02. The van der Waals surface area contributed by atoms with Gasteiger partial charge in [0, 0.05) is 32.1 Å². The van der Waals surface area contributed by atoms with Crippen molar-refractivity contribution in [3.63, 3.8) is 0 Å². The summed E-state index contributed by atoms with van der Waals surface area (Å²) in [5.74, 6) is 1.06. The fourth-order valence-electron chi connectivity index (χ4n) is 2.25. The Morgan fingerprint density at radius 1 is 1.33 bits per heavy atom. The number of imidazole rings is 1. The van der Waals surface area contributed by atoms with Gasteiger partial charge in [0.05, 0.1) is 21.8 Å². The standard InChI is InChI=1S/C15H20Cl2N4/c1-3-6-18-13(4-5-14-19-7-8-21(14)2)15-12(17)9-11(16)10-20-15/h7-10,13,18H,3-6H2,1-2H3. The van der Waals surface area contributed by atoms with Gasteiger partial charge in [-0.25, -0.2) is 4.98 Å². The maximum Gasteiger partial charge on any atom is 0.108 e.